The van der Waals surface area contributed by atoms with Gasteiger partial charge in [0, 0.05) is 26.2 Å². The maximum Gasteiger partial charge on any atom is 0.252 e. The van der Waals surface area contributed by atoms with Crippen molar-refractivity contribution < 1.29 is 14.3 Å². The number of carbonyl (C=O) groups is 1. The monoisotopic (exact) mass is 388 g/mol. The van der Waals surface area contributed by atoms with Crippen LogP contribution in [0, 0.1) is 0 Å². The number of likely N-dealkylation sites (N-methyl/N-ethyl adjacent to an activating group) is 1. The Bertz CT molecular complexity index is 1130. The Hall–Kier alpha value is -3.61. The molecule has 29 heavy (non-hydrogen) atoms. The second kappa shape index (κ2) is 7.09. The fourth-order valence-electron chi connectivity index (χ4n) is 3.52. The van der Waals surface area contributed by atoms with Crippen molar-refractivity contribution in [3.63, 3.8) is 0 Å². The van der Waals surface area contributed by atoms with Gasteiger partial charge in [-0.15, -0.1) is 0 Å². The highest BCUT2D eigenvalue weighted by Crippen LogP contribution is 2.32. The number of hydrogen-bond donors (Lipinski definition) is 0. The van der Waals surface area contributed by atoms with Crippen LogP contribution < -0.4 is 19.3 Å². The van der Waals surface area contributed by atoms with E-state index in [9.17, 15) is 4.79 Å². The van der Waals surface area contributed by atoms with Crippen LogP contribution in [0.15, 0.2) is 48.5 Å². The molecule has 3 aromatic rings. The Morgan fingerprint density at radius 3 is 2.48 bits per heavy atom. The van der Waals surface area contributed by atoms with Gasteiger partial charge in [-0.1, -0.05) is 18.2 Å². The third kappa shape index (κ3) is 3.24. The number of benzene rings is 2. The molecule has 0 fully saturated rings. The van der Waals surface area contributed by atoms with E-state index in [0.717, 1.165) is 28.2 Å². The van der Waals surface area contributed by atoms with Gasteiger partial charge in [-0.05, 0) is 35.9 Å². The first-order chi connectivity index (χ1) is 14.2. The number of nitrogens with zero attached hydrogens (tertiary/aromatic N) is 4. The first kappa shape index (κ1) is 17.5. The summed E-state index contributed by atoms with van der Waals surface area (Å²) in [4.78, 5) is 26.1. The Morgan fingerprint density at radius 1 is 0.966 bits per heavy atom. The summed E-state index contributed by atoms with van der Waals surface area (Å²) in [7, 11) is 1.97. The zero-order valence-corrected chi connectivity index (χ0v) is 16.0. The summed E-state index contributed by atoms with van der Waals surface area (Å²) in [6.45, 7) is 2.34. The molecule has 0 saturated carbocycles. The smallest absolute Gasteiger partial charge is 0.252 e. The Labute approximate surface area is 168 Å². The average Bonchev–Trinajstić information content (AvgIpc) is 2.76. The topological polar surface area (TPSA) is 67.8 Å². The van der Waals surface area contributed by atoms with E-state index < -0.39 is 0 Å². The van der Waals surface area contributed by atoms with Gasteiger partial charge in [-0.25, -0.2) is 9.97 Å². The molecule has 0 spiro atoms. The van der Waals surface area contributed by atoms with Gasteiger partial charge < -0.3 is 14.4 Å². The molecule has 0 bridgehead atoms. The predicted octanol–water partition coefficient (Wildman–Crippen LogP) is 2.90. The number of rotatable bonds is 2. The fraction of sp³-hybridized carbons (Fsp3) is 0.227. The van der Waals surface area contributed by atoms with Crippen molar-refractivity contribution in [2.45, 2.75) is 0 Å². The molecular formula is C22H20N4O3. The van der Waals surface area contributed by atoms with Gasteiger partial charge in [0.2, 0.25) is 0 Å². The van der Waals surface area contributed by atoms with Crippen molar-refractivity contribution in [1.29, 1.82) is 0 Å². The van der Waals surface area contributed by atoms with Crippen LogP contribution in [-0.2, 0) is 4.79 Å². The van der Waals surface area contributed by atoms with E-state index in [-0.39, 0.29) is 5.91 Å². The Morgan fingerprint density at radius 2 is 1.69 bits per heavy atom. The largest absolute Gasteiger partial charge is 0.486 e. The molecule has 0 saturated heterocycles. The lowest BCUT2D eigenvalue weighted by Crippen LogP contribution is -2.43. The summed E-state index contributed by atoms with van der Waals surface area (Å²) in [5, 5.41) is 0. The van der Waals surface area contributed by atoms with Crippen molar-refractivity contribution >= 4 is 34.7 Å². The molecule has 2 aliphatic rings. The average molecular weight is 388 g/mol. The summed E-state index contributed by atoms with van der Waals surface area (Å²) in [6, 6.07) is 13.3. The predicted molar refractivity (Wildman–Crippen MR) is 112 cm³/mol. The van der Waals surface area contributed by atoms with Gasteiger partial charge in [0.15, 0.2) is 23.1 Å². The number of ether oxygens (including phenoxy) is 2. The maximum atomic E-state index is 13.0. The third-order valence-electron chi connectivity index (χ3n) is 5.06. The summed E-state index contributed by atoms with van der Waals surface area (Å²) in [5.41, 5.74) is 2.47. The number of para-hydroxylation sites is 2. The number of amides is 1. The van der Waals surface area contributed by atoms with E-state index >= 15 is 0 Å². The molecule has 7 nitrogen and oxygen atoms in total. The van der Waals surface area contributed by atoms with Crippen LogP contribution in [-0.4, -0.2) is 49.2 Å². The van der Waals surface area contributed by atoms with Crippen molar-refractivity contribution in [3.05, 3.63) is 54.1 Å². The fourth-order valence-corrected chi connectivity index (χ4v) is 3.52. The van der Waals surface area contributed by atoms with Crippen molar-refractivity contribution in [2.75, 3.05) is 43.2 Å². The molecule has 0 unspecified atom stereocenters. The SMILES string of the molecule is CN1CCN(C(=O)/C=C/c2ccc3c(c2)OCCO3)c2nc3ccccc3nc21. The van der Waals surface area contributed by atoms with Crippen LogP contribution in [0.5, 0.6) is 11.5 Å². The first-order valence-electron chi connectivity index (χ1n) is 9.56. The minimum Gasteiger partial charge on any atom is -0.486 e. The highest BCUT2D eigenvalue weighted by Gasteiger charge is 2.27. The second-order valence-electron chi connectivity index (χ2n) is 7.01. The van der Waals surface area contributed by atoms with Crippen LogP contribution in [0.3, 0.4) is 0 Å². The molecule has 1 amide bonds. The standard InChI is InChI=1S/C22H20N4O3/c1-25-10-11-26(22-21(25)23-16-4-2-3-5-17(16)24-22)20(27)9-7-15-6-8-18-19(14-15)29-13-12-28-18/h2-9,14H,10-13H2,1H3/b9-7+. The van der Waals surface area contributed by atoms with Crippen LogP contribution in [0.4, 0.5) is 11.6 Å². The Kier molecular flexibility index (Phi) is 4.27. The van der Waals surface area contributed by atoms with Crippen molar-refractivity contribution in [3.8, 4) is 11.5 Å². The van der Waals surface area contributed by atoms with E-state index in [1.165, 1.54) is 0 Å². The molecule has 5 rings (SSSR count). The molecule has 0 radical (unpaired) electrons. The van der Waals surface area contributed by atoms with Crippen LogP contribution >= 0.6 is 0 Å². The number of anilines is 2. The number of carbonyl (C=O) groups excluding carboxylic acids is 1. The van der Waals surface area contributed by atoms with E-state index in [0.29, 0.717) is 37.9 Å². The quantitative estimate of drug-likeness (QED) is 0.629. The van der Waals surface area contributed by atoms with E-state index in [4.69, 9.17) is 19.4 Å². The van der Waals surface area contributed by atoms with Gasteiger partial charge >= 0.3 is 0 Å². The molecule has 0 N–H and O–H groups in total. The van der Waals surface area contributed by atoms with Gasteiger partial charge in [0.25, 0.3) is 5.91 Å². The summed E-state index contributed by atoms with van der Waals surface area (Å²) >= 11 is 0. The summed E-state index contributed by atoms with van der Waals surface area (Å²) in [5.74, 6) is 2.62. The zero-order valence-electron chi connectivity index (χ0n) is 16.0. The lowest BCUT2D eigenvalue weighted by atomic mass is 10.1. The van der Waals surface area contributed by atoms with E-state index in [2.05, 4.69) is 0 Å². The highest BCUT2D eigenvalue weighted by molar-refractivity contribution is 6.05. The highest BCUT2D eigenvalue weighted by atomic mass is 16.6. The minimum absolute atomic E-state index is 0.126. The lowest BCUT2D eigenvalue weighted by molar-refractivity contribution is -0.114. The molecule has 2 aliphatic heterocycles. The Balaban J connectivity index is 1.44. The first-order valence-corrected chi connectivity index (χ1v) is 9.56. The third-order valence-corrected chi connectivity index (χ3v) is 5.06. The minimum atomic E-state index is -0.126. The zero-order chi connectivity index (χ0) is 19.8. The van der Waals surface area contributed by atoms with Crippen LogP contribution in [0.2, 0.25) is 0 Å². The molecule has 3 heterocycles. The van der Waals surface area contributed by atoms with Gasteiger partial charge in [0.1, 0.15) is 13.2 Å². The van der Waals surface area contributed by atoms with Gasteiger partial charge in [0.05, 0.1) is 11.0 Å². The lowest BCUT2D eigenvalue weighted by Gasteiger charge is -2.33. The maximum absolute atomic E-state index is 13.0. The van der Waals surface area contributed by atoms with E-state index in [1.54, 1.807) is 17.1 Å². The molecule has 2 aromatic carbocycles. The van der Waals surface area contributed by atoms with Crippen molar-refractivity contribution in [1.82, 2.24) is 9.97 Å². The van der Waals surface area contributed by atoms with Gasteiger partial charge in [-0.3, -0.25) is 9.69 Å². The number of hydrogen-bond acceptors (Lipinski definition) is 6. The number of aromatic nitrogens is 2. The summed E-state index contributed by atoms with van der Waals surface area (Å²) < 4.78 is 11.1. The van der Waals surface area contributed by atoms with Crippen LogP contribution in [0.1, 0.15) is 5.56 Å². The molecule has 146 valence electrons. The molecule has 0 atom stereocenters. The normalized spacial score (nSPS) is 15.6. The van der Waals surface area contributed by atoms with Crippen LogP contribution in [0.25, 0.3) is 17.1 Å². The molecule has 1 aromatic heterocycles. The summed E-state index contributed by atoms with van der Waals surface area (Å²) in [6.07, 6.45) is 3.35. The van der Waals surface area contributed by atoms with Crippen molar-refractivity contribution in [2.24, 2.45) is 0 Å². The molecule has 7 heteroatoms. The molecular weight excluding hydrogens is 368 g/mol. The van der Waals surface area contributed by atoms with Gasteiger partial charge in [-0.2, -0.15) is 0 Å². The van der Waals surface area contributed by atoms with E-state index in [1.807, 2.05) is 54.4 Å². The molecule has 0 aliphatic carbocycles. The number of fused-ring (bicyclic) bond motifs is 3. The second-order valence-corrected chi connectivity index (χ2v) is 7.01.